The third-order valence-corrected chi connectivity index (χ3v) is 2.77. The summed E-state index contributed by atoms with van der Waals surface area (Å²) in [5, 5.41) is 8.82. The van der Waals surface area contributed by atoms with Crippen LogP contribution in [0.1, 0.15) is 25.8 Å². The molecule has 0 radical (unpaired) electrons. The first-order valence-corrected chi connectivity index (χ1v) is 6.40. The van der Waals surface area contributed by atoms with Gasteiger partial charge in [-0.05, 0) is 32.4 Å². The van der Waals surface area contributed by atoms with E-state index in [0.717, 1.165) is 0 Å². The highest BCUT2D eigenvalue weighted by Crippen LogP contribution is 2.09. The quantitative estimate of drug-likeness (QED) is 0.803. The zero-order valence-corrected chi connectivity index (χ0v) is 11.3. The van der Waals surface area contributed by atoms with Crippen molar-refractivity contribution in [2.45, 2.75) is 26.3 Å². The Morgan fingerprint density at radius 2 is 2.11 bits per heavy atom. The highest BCUT2D eigenvalue weighted by molar-refractivity contribution is 5.92. The molecule has 0 heterocycles. The Hall–Kier alpha value is -1.68. The van der Waals surface area contributed by atoms with Crippen LogP contribution in [0.3, 0.4) is 0 Å². The van der Waals surface area contributed by atoms with Gasteiger partial charge in [-0.1, -0.05) is 18.2 Å². The molecule has 0 aromatic heterocycles. The minimum atomic E-state index is -0.349. The zero-order chi connectivity index (χ0) is 14.3. The Balaban J connectivity index is 2.73. The van der Waals surface area contributed by atoms with Gasteiger partial charge in [-0.25, -0.2) is 4.39 Å². The molecule has 1 N–H and O–H groups in total. The van der Waals surface area contributed by atoms with Gasteiger partial charge in [0.25, 0.3) is 0 Å². The minimum Gasteiger partial charge on any atom is -0.396 e. The average molecular weight is 265 g/mol. The maximum absolute atomic E-state index is 13.4. The van der Waals surface area contributed by atoms with Gasteiger partial charge in [0.05, 0.1) is 0 Å². The lowest BCUT2D eigenvalue weighted by atomic mass is 10.2. The van der Waals surface area contributed by atoms with Crippen LogP contribution in [0.5, 0.6) is 0 Å². The molecule has 0 atom stereocenters. The number of carbonyl (C=O) groups excluding carboxylic acids is 1. The number of amides is 1. The lowest BCUT2D eigenvalue weighted by Gasteiger charge is -2.25. The lowest BCUT2D eigenvalue weighted by molar-refractivity contribution is -0.127. The first kappa shape index (κ1) is 15.4. The van der Waals surface area contributed by atoms with Crippen LogP contribution in [0, 0.1) is 5.82 Å². The van der Waals surface area contributed by atoms with Crippen molar-refractivity contribution >= 4 is 12.0 Å². The molecule has 0 saturated carbocycles. The summed E-state index contributed by atoms with van der Waals surface area (Å²) >= 11 is 0. The van der Waals surface area contributed by atoms with Crippen LogP contribution < -0.4 is 0 Å². The number of aliphatic hydroxyl groups is 1. The van der Waals surface area contributed by atoms with Gasteiger partial charge in [-0.15, -0.1) is 0 Å². The first-order chi connectivity index (χ1) is 9.06. The van der Waals surface area contributed by atoms with Crippen molar-refractivity contribution in [3.63, 3.8) is 0 Å². The number of halogens is 1. The summed E-state index contributed by atoms with van der Waals surface area (Å²) < 4.78 is 13.4. The van der Waals surface area contributed by atoms with Crippen LogP contribution in [0.4, 0.5) is 4.39 Å². The number of hydrogen-bond acceptors (Lipinski definition) is 2. The fourth-order valence-electron chi connectivity index (χ4n) is 1.73. The summed E-state index contributed by atoms with van der Waals surface area (Å²) in [5.41, 5.74) is 0.390. The summed E-state index contributed by atoms with van der Waals surface area (Å²) in [6.45, 7) is 4.36. The van der Waals surface area contributed by atoms with Crippen molar-refractivity contribution in [3.05, 3.63) is 41.7 Å². The van der Waals surface area contributed by atoms with Crippen LogP contribution in [0.25, 0.3) is 6.08 Å². The van der Waals surface area contributed by atoms with Crippen LogP contribution in [0.15, 0.2) is 30.3 Å². The first-order valence-electron chi connectivity index (χ1n) is 6.40. The number of hydrogen-bond donors (Lipinski definition) is 1. The normalized spacial score (nSPS) is 11.2. The second-order valence-electron chi connectivity index (χ2n) is 4.56. The minimum absolute atomic E-state index is 0.0457. The van der Waals surface area contributed by atoms with E-state index in [1.807, 2.05) is 13.8 Å². The van der Waals surface area contributed by atoms with Gasteiger partial charge in [0, 0.05) is 30.8 Å². The van der Waals surface area contributed by atoms with E-state index in [4.69, 9.17) is 5.11 Å². The number of nitrogens with zero attached hydrogens (tertiary/aromatic N) is 1. The molecule has 19 heavy (non-hydrogen) atoms. The third kappa shape index (κ3) is 4.83. The van der Waals surface area contributed by atoms with Crippen molar-refractivity contribution < 1.29 is 14.3 Å². The molecule has 0 aliphatic heterocycles. The molecule has 0 fully saturated rings. The average Bonchev–Trinajstić information content (AvgIpc) is 2.38. The Kier molecular flexibility index (Phi) is 6.22. The molecule has 0 aliphatic carbocycles. The van der Waals surface area contributed by atoms with Crippen molar-refractivity contribution in [2.75, 3.05) is 13.2 Å². The van der Waals surface area contributed by atoms with Crippen molar-refractivity contribution in [2.24, 2.45) is 0 Å². The second kappa shape index (κ2) is 7.69. The molecule has 4 heteroatoms. The molecule has 0 spiro atoms. The Morgan fingerprint density at radius 1 is 1.42 bits per heavy atom. The van der Waals surface area contributed by atoms with E-state index >= 15 is 0 Å². The van der Waals surface area contributed by atoms with Gasteiger partial charge in [0.2, 0.25) is 5.91 Å². The molecular formula is C15H20FNO2. The predicted octanol–water partition coefficient (Wildman–Crippen LogP) is 2.46. The fourth-order valence-corrected chi connectivity index (χ4v) is 1.73. The van der Waals surface area contributed by atoms with Crippen LogP contribution in [0.2, 0.25) is 0 Å². The predicted molar refractivity (Wildman–Crippen MR) is 74.0 cm³/mol. The summed E-state index contributed by atoms with van der Waals surface area (Å²) in [4.78, 5) is 13.7. The summed E-state index contributed by atoms with van der Waals surface area (Å²) in [5.74, 6) is -0.523. The van der Waals surface area contributed by atoms with Gasteiger partial charge in [0.15, 0.2) is 0 Å². The maximum Gasteiger partial charge on any atom is 0.246 e. The Labute approximate surface area is 113 Å². The van der Waals surface area contributed by atoms with Crippen molar-refractivity contribution in [1.82, 2.24) is 4.90 Å². The largest absolute Gasteiger partial charge is 0.396 e. The molecule has 1 aromatic rings. The monoisotopic (exact) mass is 265 g/mol. The van der Waals surface area contributed by atoms with Gasteiger partial charge >= 0.3 is 0 Å². The van der Waals surface area contributed by atoms with E-state index in [1.54, 1.807) is 23.1 Å². The summed E-state index contributed by atoms with van der Waals surface area (Å²) in [6.07, 6.45) is 3.39. The number of benzene rings is 1. The number of carbonyl (C=O) groups is 1. The van der Waals surface area contributed by atoms with Gasteiger partial charge in [-0.2, -0.15) is 0 Å². The Morgan fingerprint density at radius 3 is 2.68 bits per heavy atom. The summed E-state index contributed by atoms with van der Waals surface area (Å²) in [6, 6.07) is 6.35. The molecule has 1 rings (SSSR count). The third-order valence-electron chi connectivity index (χ3n) is 2.77. The molecule has 0 saturated heterocycles. The van der Waals surface area contributed by atoms with E-state index in [0.29, 0.717) is 18.5 Å². The van der Waals surface area contributed by atoms with Gasteiger partial charge < -0.3 is 10.0 Å². The van der Waals surface area contributed by atoms with E-state index in [9.17, 15) is 9.18 Å². The smallest absolute Gasteiger partial charge is 0.246 e. The second-order valence-corrected chi connectivity index (χ2v) is 4.56. The maximum atomic E-state index is 13.4. The number of rotatable bonds is 6. The van der Waals surface area contributed by atoms with Crippen molar-refractivity contribution in [3.8, 4) is 0 Å². The lowest BCUT2D eigenvalue weighted by Crippen LogP contribution is -2.36. The van der Waals surface area contributed by atoms with Crippen LogP contribution in [-0.2, 0) is 4.79 Å². The van der Waals surface area contributed by atoms with Gasteiger partial charge in [-0.3, -0.25) is 4.79 Å². The Bertz CT molecular complexity index is 444. The van der Waals surface area contributed by atoms with Crippen molar-refractivity contribution in [1.29, 1.82) is 0 Å². The molecule has 0 aliphatic rings. The van der Waals surface area contributed by atoms with E-state index < -0.39 is 0 Å². The molecule has 3 nitrogen and oxygen atoms in total. The standard InChI is InChI=1S/C15H20FNO2/c1-12(2)17(10-5-11-18)15(19)9-8-13-6-3-4-7-14(13)16/h3-4,6-9,12,18H,5,10-11H2,1-2H3/b9-8+. The number of aliphatic hydroxyl groups excluding tert-OH is 1. The van der Waals surface area contributed by atoms with Crippen LogP contribution >= 0.6 is 0 Å². The molecule has 0 unspecified atom stereocenters. The fraction of sp³-hybridized carbons (Fsp3) is 0.400. The van der Waals surface area contributed by atoms with Crippen LogP contribution in [-0.4, -0.2) is 35.1 Å². The van der Waals surface area contributed by atoms with Gasteiger partial charge in [0.1, 0.15) is 5.82 Å². The topological polar surface area (TPSA) is 40.5 Å². The van der Waals surface area contributed by atoms with E-state index in [1.165, 1.54) is 18.2 Å². The molecule has 104 valence electrons. The molecular weight excluding hydrogens is 245 g/mol. The highest BCUT2D eigenvalue weighted by atomic mass is 19.1. The molecule has 1 amide bonds. The van der Waals surface area contributed by atoms with E-state index in [2.05, 4.69) is 0 Å². The molecule has 1 aromatic carbocycles. The summed E-state index contributed by atoms with van der Waals surface area (Å²) in [7, 11) is 0. The van der Waals surface area contributed by atoms with E-state index in [-0.39, 0.29) is 24.4 Å². The zero-order valence-electron chi connectivity index (χ0n) is 11.3. The SMILES string of the molecule is CC(C)N(CCCO)C(=O)/C=C/c1ccccc1F. The molecule has 0 bridgehead atoms. The highest BCUT2D eigenvalue weighted by Gasteiger charge is 2.13.